The summed E-state index contributed by atoms with van der Waals surface area (Å²) in [5.74, 6) is 0.673. The van der Waals surface area contributed by atoms with Gasteiger partial charge in [0.25, 0.3) is 0 Å². The smallest absolute Gasteiger partial charge is 0.0858 e. The van der Waals surface area contributed by atoms with Crippen molar-refractivity contribution in [2.45, 2.75) is 57.4 Å². The standard InChI is InChI=1S/C16H26N4/c1-13(2)11-19-9-7-15(8-10-19)20-12-16(17-18-20)14-5-3-4-6-14/h12,14-15H,1,3-11H2,2H3. The van der Waals surface area contributed by atoms with Crippen LogP contribution in [0.4, 0.5) is 0 Å². The van der Waals surface area contributed by atoms with Crippen molar-refractivity contribution in [2.24, 2.45) is 0 Å². The number of hydrogen-bond acceptors (Lipinski definition) is 3. The van der Waals surface area contributed by atoms with Gasteiger partial charge >= 0.3 is 0 Å². The number of rotatable bonds is 4. The minimum Gasteiger partial charge on any atom is -0.299 e. The summed E-state index contributed by atoms with van der Waals surface area (Å²) in [4.78, 5) is 2.49. The molecule has 2 fully saturated rings. The molecule has 20 heavy (non-hydrogen) atoms. The molecule has 0 bridgehead atoms. The fraction of sp³-hybridized carbons (Fsp3) is 0.750. The van der Waals surface area contributed by atoms with Crippen LogP contribution in [0.15, 0.2) is 18.3 Å². The molecule has 0 aromatic carbocycles. The molecule has 0 amide bonds. The van der Waals surface area contributed by atoms with Crippen molar-refractivity contribution in [3.8, 4) is 0 Å². The van der Waals surface area contributed by atoms with Crippen LogP contribution in [-0.2, 0) is 0 Å². The van der Waals surface area contributed by atoms with Gasteiger partial charge in [0.1, 0.15) is 0 Å². The molecule has 4 heteroatoms. The average Bonchev–Trinajstić information content (AvgIpc) is 3.10. The lowest BCUT2D eigenvalue weighted by Gasteiger charge is -2.31. The third-order valence-corrected chi connectivity index (χ3v) is 4.73. The van der Waals surface area contributed by atoms with E-state index in [0.717, 1.165) is 19.6 Å². The maximum absolute atomic E-state index is 4.43. The largest absolute Gasteiger partial charge is 0.299 e. The third kappa shape index (κ3) is 3.11. The van der Waals surface area contributed by atoms with E-state index in [1.807, 2.05) is 0 Å². The molecule has 0 atom stereocenters. The predicted molar refractivity (Wildman–Crippen MR) is 80.8 cm³/mol. The monoisotopic (exact) mass is 274 g/mol. The summed E-state index contributed by atoms with van der Waals surface area (Å²) >= 11 is 0. The second-order valence-electron chi connectivity index (χ2n) is 6.57. The predicted octanol–water partition coefficient (Wildman–Crippen LogP) is 3.15. The molecule has 1 aromatic rings. The Bertz CT molecular complexity index is 451. The van der Waals surface area contributed by atoms with Gasteiger partial charge in [-0.05, 0) is 32.6 Å². The van der Waals surface area contributed by atoms with E-state index in [1.54, 1.807) is 0 Å². The van der Waals surface area contributed by atoms with Crippen LogP contribution in [0.25, 0.3) is 0 Å². The minimum absolute atomic E-state index is 0.541. The normalized spacial score (nSPS) is 22.4. The molecule has 1 aliphatic carbocycles. The Morgan fingerprint density at radius 3 is 2.60 bits per heavy atom. The van der Waals surface area contributed by atoms with Gasteiger partial charge < -0.3 is 0 Å². The first-order valence-electron chi connectivity index (χ1n) is 8.01. The zero-order chi connectivity index (χ0) is 13.9. The van der Waals surface area contributed by atoms with E-state index in [4.69, 9.17) is 0 Å². The SMILES string of the molecule is C=C(C)CN1CCC(n2cc(C3CCCC3)nn2)CC1. The molecule has 1 aliphatic heterocycles. The van der Waals surface area contributed by atoms with Gasteiger partial charge in [-0.1, -0.05) is 30.2 Å². The van der Waals surface area contributed by atoms with Gasteiger partial charge in [-0.25, -0.2) is 4.68 Å². The second kappa shape index (κ2) is 6.08. The van der Waals surface area contributed by atoms with Crippen LogP contribution in [0.1, 0.15) is 63.1 Å². The van der Waals surface area contributed by atoms with Crippen LogP contribution in [0.2, 0.25) is 0 Å². The molecule has 2 heterocycles. The van der Waals surface area contributed by atoms with E-state index in [1.165, 1.54) is 49.8 Å². The number of hydrogen-bond donors (Lipinski definition) is 0. The molecule has 3 rings (SSSR count). The molecule has 2 aliphatic rings. The van der Waals surface area contributed by atoms with Crippen molar-refractivity contribution in [1.82, 2.24) is 19.9 Å². The highest BCUT2D eigenvalue weighted by molar-refractivity contribution is 5.04. The average molecular weight is 274 g/mol. The van der Waals surface area contributed by atoms with Crippen LogP contribution in [-0.4, -0.2) is 39.5 Å². The lowest BCUT2D eigenvalue weighted by atomic mass is 10.0. The molecule has 0 radical (unpaired) electrons. The Balaban J connectivity index is 1.56. The van der Waals surface area contributed by atoms with E-state index >= 15 is 0 Å². The molecule has 0 unspecified atom stereocenters. The summed E-state index contributed by atoms with van der Waals surface area (Å²) in [6.45, 7) is 9.45. The van der Waals surface area contributed by atoms with E-state index < -0.39 is 0 Å². The number of aromatic nitrogens is 3. The minimum atomic E-state index is 0.541. The zero-order valence-electron chi connectivity index (χ0n) is 12.6. The van der Waals surface area contributed by atoms with E-state index in [-0.39, 0.29) is 0 Å². The zero-order valence-corrected chi connectivity index (χ0v) is 12.6. The van der Waals surface area contributed by atoms with Crippen molar-refractivity contribution in [2.75, 3.05) is 19.6 Å². The lowest BCUT2D eigenvalue weighted by molar-refractivity contribution is 0.190. The fourth-order valence-electron chi connectivity index (χ4n) is 3.60. The van der Waals surface area contributed by atoms with Gasteiger partial charge in [-0.3, -0.25) is 4.90 Å². The summed E-state index contributed by atoms with van der Waals surface area (Å²) in [6, 6.07) is 0.541. The fourth-order valence-corrected chi connectivity index (χ4v) is 3.60. The Kier molecular flexibility index (Phi) is 4.20. The molecular formula is C16H26N4. The Morgan fingerprint density at radius 2 is 1.95 bits per heavy atom. The molecule has 0 N–H and O–H groups in total. The summed E-state index contributed by atoms with van der Waals surface area (Å²) < 4.78 is 2.13. The Morgan fingerprint density at radius 1 is 1.25 bits per heavy atom. The van der Waals surface area contributed by atoms with Gasteiger partial charge in [0.15, 0.2) is 0 Å². The van der Waals surface area contributed by atoms with Crippen LogP contribution in [0, 0.1) is 0 Å². The second-order valence-corrected chi connectivity index (χ2v) is 6.57. The quantitative estimate of drug-likeness (QED) is 0.791. The van der Waals surface area contributed by atoms with Crippen LogP contribution >= 0.6 is 0 Å². The van der Waals surface area contributed by atoms with Gasteiger partial charge in [-0.15, -0.1) is 5.10 Å². The Labute approximate surface area is 121 Å². The highest BCUT2D eigenvalue weighted by Gasteiger charge is 2.24. The van der Waals surface area contributed by atoms with Crippen molar-refractivity contribution in [1.29, 1.82) is 0 Å². The first kappa shape index (κ1) is 13.8. The molecule has 1 aromatic heterocycles. The van der Waals surface area contributed by atoms with Gasteiger partial charge in [0, 0.05) is 31.7 Å². The van der Waals surface area contributed by atoms with Crippen molar-refractivity contribution < 1.29 is 0 Å². The Hall–Kier alpha value is -1.16. The van der Waals surface area contributed by atoms with Crippen molar-refractivity contribution in [3.63, 3.8) is 0 Å². The first-order valence-corrected chi connectivity index (χ1v) is 8.01. The third-order valence-electron chi connectivity index (χ3n) is 4.73. The number of likely N-dealkylation sites (tertiary alicyclic amines) is 1. The summed E-state index contributed by atoms with van der Waals surface area (Å²) in [7, 11) is 0. The summed E-state index contributed by atoms with van der Waals surface area (Å²) in [6.07, 6.45) is 9.90. The van der Waals surface area contributed by atoms with Crippen LogP contribution in [0.3, 0.4) is 0 Å². The molecule has 1 saturated heterocycles. The lowest BCUT2D eigenvalue weighted by Crippen LogP contribution is -2.35. The molecule has 110 valence electrons. The maximum Gasteiger partial charge on any atom is 0.0858 e. The molecule has 0 spiro atoms. The maximum atomic E-state index is 4.43. The summed E-state index contributed by atoms with van der Waals surface area (Å²) in [5.41, 5.74) is 2.49. The van der Waals surface area contributed by atoms with E-state index in [2.05, 4.69) is 39.6 Å². The highest BCUT2D eigenvalue weighted by atomic mass is 15.4. The van der Waals surface area contributed by atoms with Crippen molar-refractivity contribution >= 4 is 0 Å². The van der Waals surface area contributed by atoms with Crippen LogP contribution < -0.4 is 0 Å². The molecule has 1 saturated carbocycles. The summed E-state index contributed by atoms with van der Waals surface area (Å²) in [5, 5.41) is 8.83. The molecular weight excluding hydrogens is 248 g/mol. The van der Waals surface area contributed by atoms with Crippen molar-refractivity contribution in [3.05, 3.63) is 24.0 Å². The van der Waals surface area contributed by atoms with Gasteiger partial charge in [0.05, 0.1) is 11.7 Å². The first-order chi connectivity index (χ1) is 9.72. The van der Waals surface area contributed by atoms with Crippen LogP contribution in [0.5, 0.6) is 0 Å². The van der Waals surface area contributed by atoms with E-state index in [0.29, 0.717) is 12.0 Å². The number of piperidine rings is 1. The van der Waals surface area contributed by atoms with Gasteiger partial charge in [0.2, 0.25) is 0 Å². The van der Waals surface area contributed by atoms with E-state index in [9.17, 15) is 0 Å². The molecule has 4 nitrogen and oxygen atoms in total. The highest BCUT2D eigenvalue weighted by Crippen LogP contribution is 2.33. The topological polar surface area (TPSA) is 34.0 Å². The number of nitrogens with zero attached hydrogens (tertiary/aromatic N) is 4. The van der Waals surface area contributed by atoms with Gasteiger partial charge in [-0.2, -0.15) is 0 Å².